The number of nitrogens with one attached hydrogen (secondary N) is 1. The molecular formula is C23H20N2O4S. The molecule has 1 unspecified atom stereocenters. The average molecular weight is 420 g/mol. The summed E-state index contributed by atoms with van der Waals surface area (Å²) in [6, 6.07) is 18.7. The molecule has 0 saturated carbocycles. The van der Waals surface area contributed by atoms with Crippen LogP contribution >= 0.6 is 11.3 Å². The normalized spacial score (nSPS) is 12.0. The molecule has 152 valence electrons. The molecule has 6 nitrogen and oxygen atoms in total. The first-order chi connectivity index (χ1) is 14.5. The molecule has 4 rings (SSSR count). The number of aromatic nitrogens is 2. The number of rotatable bonds is 7. The lowest BCUT2D eigenvalue weighted by atomic mass is 9.90. The van der Waals surface area contributed by atoms with Gasteiger partial charge in [0.1, 0.15) is 11.5 Å². The van der Waals surface area contributed by atoms with E-state index in [-0.39, 0.29) is 18.1 Å². The average Bonchev–Trinajstić information content (AvgIpc) is 3.29. The maximum absolute atomic E-state index is 13.2. The summed E-state index contributed by atoms with van der Waals surface area (Å²) in [5.74, 6) is 0.131. The molecular weight excluding hydrogens is 400 g/mol. The van der Waals surface area contributed by atoms with Crippen molar-refractivity contribution in [3.05, 3.63) is 92.2 Å². The van der Waals surface area contributed by atoms with E-state index < -0.39 is 10.8 Å². The van der Waals surface area contributed by atoms with Gasteiger partial charge < -0.3 is 9.52 Å². The van der Waals surface area contributed by atoms with E-state index in [1.165, 1.54) is 0 Å². The predicted molar refractivity (Wildman–Crippen MR) is 115 cm³/mol. The van der Waals surface area contributed by atoms with Crippen LogP contribution in [0.5, 0.6) is 5.88 Å². The van der Waals surface area contributed by atoms with E-state index in [0.717, 1.165) is 28.2 Å². The highest BCUT2D eigenvalue weighted by atomic mass is 32.1. The van der Waals surface area contributed by atoms with Gasteiger partial charge in [-0.3, -0.25) is 14.6 Å². The topological polar surface area (TPSA) is 96.2 Å². The van der Waals surface area contributed by atoms with Crippen LogP contribution in [0.25, 0.3) is 11.5 Å². The van der Waals surface area contributed by atoms with Crippen molar-refractivity contribution >= 4 is 17.1 Å². The van der Waals surface area contributed by atoms with Crippen LogP contribution in [0.4, 0.5) is 0 Å². The second kappa shape index (κ2) is 8.51. The lowest BCUT2D eigenvalue weighted by molar-refractivity contribution is -0.119. The zero-order valence-corrected chi connectivity index (χ0v) is 17.1. The Morgan fingerprint density at radius 1 is 1.13 bits per heavy atom. The van der Waals surface area contributed by atoms with E-state index in [1.54, 1.807) is 0 Å². The van der Waals surface area contributed by atoms with Crippen LogP contribution in [0.1, 0.15) is 34.2 Å². The van der Waals surface area contributed by atoms with Crippen molar-refractivity contribution in [1.82, 2.24) is 9.97 Å². The molecule has 0 radical (unpaired) electrons. The lowest BCUT2D eigenvalue weighted by Gasteiger charge is -2.14. The van der Waals surface area contributed by atoms with Gasteiger partial charge in [-0.15, -0.1) is 0 Å². The monoisotopic (exact) mass is 420 g/mol. The van der Waals surface area contributed by atoms with Gasteiger partial charge in [0.05, 0.1) is 16.5 Å². The van der Waals surface area contributed by atoms with Crippen LogP contribution in [-0.2, 0) is 11.2 Å². The number of ketones is 1. The number of nitrogens with zero attached hydrogens (tertiary/aromatic N) is 1. The number of aromatic amines is 1. The predicted octanol–water partition coefficient (Wildman–Crippen LogP) is 4.44. The molecule has 0 aliphatic carbocycles. The van der Waals surface area contributed by atoms with E-state index in [2.05, 4.69) is 9.97 Å². The van der Waals surface area contributed by atoms with Crippen LogP contribution < -0.4 is 4.87 Å². The van der Waals surface area contributed by atoms with Crippen molar-refractivity contribution in [2.75, 3.05) is 0 Å². The van der Waals surface area contributed by atoms with Crippen LogP contribution in [0.3, 0.4) is 0 Å². The van der Waals surface area contributed by atoms with Crippen LogP contribution in [-0.4, -0.2) is 20.9 Å². The number of thiazole rings is 1. The number of benzene rings is 2. The van der Waals surface area contributed by atoms with Gasteiger partial charge in [-0.1, -0.05) is 59.9 Å². The molecule has 0 aliphatic heterocycles. The summed E-state index contributed by atoms with van der Waals surface area (Å²) in [7, 11) is 0. The van der Waals surface area contributed by atoms with Crippen molar-refractivity contribution in [2.45, 2.75) is 25.7 Å². The Hall–Kier alpha value is -3.45. The molecule has 2 aromatic carbocycles. The number of carbonyl (C=O) groups excluding carboxylic acids is 1. The van der Waals surface area contributed by atoms with Crippen molar-refractivity contribution in [2.24, 2.45) is 0 Å². The highest BCUT2D eigenvalue weighted by Gasteiger charge is 2.28. The van der Waals surface area contributed by atoms with Crippen LogP contribution in [0.2, 0.25) is 0 Å². The Kier molecular flexibility index (Phi) is 5.63. The summed E-state index contributed by atoms with van der Waals surface area (Å²) in [4.78, 5) is 31.7. The zero-order chi connectivity index (χ0) is 21.1. The number of carbonyl (C=O) groups is 1. The Bertz CT molecular complexity index is 1210. The Morgan fingerprint density at radius 2 is 1.80 bits per heavy atom. The van der Waals surface area contributed by atoms with E-state index >= 15 is 0 Å². The van der Waals surface area contributed by atoms with Crippen molar-refractivity contribution in [3.63, 3.8) is 0 Å². The number of Topliss-reactive ketones (excluding diaryl/α,β-unsaturated/α-hetero) is 1. The number of oxazole rings is 1. The molecule has 1 atom stereocenters. The summed E-state index contributed by atoms with van der Waals surface area (Å²) >= 11 is 0.856. The fourth-order valence-corrected chi connectivity index (χ4v) is 4.29. The molecule has 0 fully saturated rings. The fraction of sp³-hybridized carbons (Fsp3) is 0.174. The molecule has 0 bridgehead atoms. The van der Waals surface area contributed by atoms with E-state index in [0.29, 0.717) is 22.9 Å². The lowest BCUT2D eigenvalue weighted by Crippen LogP contribution is -2.14. The second-order valence-electron chi connectivity index (χ2n) is 6.93. The second-order valence-corrected chi connectivity index (χ2v) is 7.94. The number of hydrogen-bond acceptors (Lipinski definition) is 6. The molecule has 0 spiro atoms. The van der Waals surface area contributed by atoms with E-state index in [4.69, 9.17) is 4.42 Å². The summed E-state index contributed by atoms with van der Waals surface area (Å²) in [5.41, 5.74) is 2.33. The SMILES string of the molecule is Cc1oc(-c2ccccc2)nc1CCC(=O)C(c1ccccc1)c1sc(=O)[nH]c1O. The Labute approximate surface area is 176 Å². The van der Waals surface area contributed by atoms with Crippen molar-refractivity contribution < 1.29 is 14.3 Å². The molecule has 2 heterocycles. The maximum atomic E-state index is 13.2. The third-order valence-electron chi connectivity index (χ3n) is 4.90. The summed E-state index contributed by atoms with van der Waals surface area (Å²) in [5, 5.41) is 10.1. The number of aryl methyl sites for hydroxylation is 2. The van der Waals surface area contributed by atoms with Crippen molar-refractivity contribution in [1.29, 1.82) is 0 Å². The zero-order valence-electron chi connectivity index (χ0n) is 16.3. The molecule has 2 aromatic heterocycles. The van der Waals surface area contributed by atoms with Gasteiger partial charge in [0.2, 0.25) is 11.8 Å². The van der Waals surface area contributed by atoms with Crippen molar-refractivity contribution in [3.8, 4) is 17.3 Å². The summed E-state index contributed by atoms with van der Waals surface area (Å²) in [6.45, 7) is 1.83. The number of aromatic hydroxyl groups is 1. The van der Waals surface area contributed by atoms with Gasteiger partial charge in [-0.2, -0.15) is 0 Å². The number of H-pyrrole nitrogens is 1. The smallest absolute Gasteiger partial charge is 0.307 e. The first kappa shape index (κ1) is 19.8. The first-order valence-corrected chi connectivity index (χ1v) is 10.4. The highest BCUT2D eigenvalue weighted by molar-refractivity contribution is 7.09. The van der Waals surface area contributed by atoms with Gasteiger partial charge in [-0.25, -0.2) is 4.98 Å². The number of hydrogen-bond donors (Lipinski definition) is 2. The largest absolute Gasteiger partial charge is 0.494 e. The van der Waals surface area contributed by atoms with E-state index in [1.807, 2.05) is 67.6 Å². The van der Waals surface area contributed by atoms with Gasteiger partial charge in [-0.05, 0) is 24.6 Å². The first-order valence-electron chi connectivity index (χ1n) is 9.54. The fourth-order valence-electron chi connectivity index (χ4n) is 3.41. The third kappa shape index (κ3) is 4.11. The molecule has 30 heavy (non-hydrogen) atoms. The minimum absolute atomic E-state index is 0.101. The van der Waals surface area contributed by atoms with E-state index in [9.17, 15) is 14.7 Å². The molecule has 2 N–H and O–H groups in total. The standard InChI is InChI=1S/C23H20N2O4S/c1-14-17(24-22(29-14)16-10-6-3-7-11-16)12-13-18(26)19(15-8-4-2-5-9-15)20-21(27)25-23(28)30-20/h2-11,19,27H,12-13H2,1H3,(H,25,28). The molecule has 4 aromatic rings. The van der Waals surface area contributed by atoms with Crippen LogP contribution in [0.15, 0.2) is 69.9 Å². The minimum atomic E-state index is -0.712. The van der Waals surface area contributed by atoms with Crippen LogP contribution in [0, 0.1) is 6.92 Å². The molecule has 0 amide bonds. The highest BCUT2D eigenvalue weighted by Crippen LogP contribution is 2.34. The third-order valence-corrected chi connectivity index (χ3v) is 5.83. The summed E-state index contributed by atoms with van der Waals surface area (Å²) < 4.78 is 5.78. The van der Waals surface area contributed by atoms with Gasteiger partial charge >= 0.3 is 4.87 Å². The molecule has 0 aliphatic rings. The van der Waals surface area contributed by atoms with Gasteiger partial charge in [0, 0.05) is 18.4 Å². The minimum Gasteiger partial charge on any atom is -0.494 e. The Balaban J connectivity index is 1.57. The quantitative estimate of drug-likeness (QED) is 0.461. The van der Waals surface area contributed by atoms with Gasteiger partial charge in [0.25, 0.3) is 0 Å². The maximum Gasteiger partial charge on any atom is 0.307 e. The molecule has 0 saturated heterocycles. The van der Waals surface area contributed by atoms with Gasteiger partial charge in [0.15, 0.2) is 0 Å². The Morgan fingerprint density at radius 3 is 2.43 bits per heavy atom. The molecule has 7 heteroatoms. The summed E-state index contributed by atoms with van der Waals surface area (Å²) in [6.07, 6.45) is 0.608.